The summed E-state index contributed by atoms with van der Waals surface area (Å²) in [5, 5.41) is 0. The van der Waals surface area contributed by atoms with Gasteiger partial charge in [-0.15, -0.1) is 11.3 Å². The molecular formula is C12H16BrNO4S2. The van der Waals surface area contributed by atoms with Gasteiger partial charge in [0.1, 0.15) is 10.3 Å². The fourth-order valence-electron chi connectivity index (χ4n) is 2.24. The number of thiophene rings is 1. The van der Waals surface area contributed by atoms with Crippen molar-refractivity contribution in [3.05, 3.63) is 15.4 Å². The molecule has 1 atom stereocenters. The fourth-order valence-corrected chi connectivity index (χ4v) is 6.24. The highest BCUT2D eigenvalue weighted by Gasteiger charge is 2.39. The molecule has 0 amide bonds. The van der Waals surface area contributed by atoms with Crippen molar-refractivity contribution < 1.29 is 17.9 Å². The van der Waals surface area contributed by atoms with Crippen LogP contribution in [0.5, 0.6) is 0 Å². The Bertz CT molecular complexity index is 591. The molecule has 0 saturated carbocycles. The van der Waals surface area contributed by atoms with Gasteiger partial charge in [0.2, 0.25) is 0 Å². The number of rotatable bonds is 3. The van der Waals surface area contributed by atoms with E-state index in [1.165, 1.54) is 22.8 Å². The lowest BCUT2D eigenvalue weighted by Gasteiger charge is -2.32. The van der Waals surface area contributed by atoms with Crippen molar-refractivity contribution in [3.8, 4) is 0 Å². The van der Waals surface area contributed by atoms with Crippen LogP contribution in [-0.4, -0.2) is 38.4 Å². The van der Waals surface area contributed by atoms with Gasteiger partial charge in [-0.3, -0.25) is 4.79 Å². The molecule has 0 spiro atoms. The van der Waals surface area contributed by atoms with E-state index in [9.17, 15) is 13.2 Å². The van der Waals surface area contributed by atoms with E-state index >= 15 is 0 Å². The van der Waals surface area contributed by atoms with Gasteiger partial charge in [-0.2, -0.15) is 4.31 Å². The number of aryl methyl sites for hydroxylation is 1. The summed E-state index contributed by atoms with van der Waals surface area (Å²) in [6.45, 7) is 2.20. The van der Waals surface area contributed by atoms with E-state index in [1.807, 2.05) is 6.92 Å². The first-order valence-electron chi connectivity index (χ1n) is 6.23. The van der Waals surface area contributed by atoms with E-state index in [4.69, 9.17) is 4.74 Å². The van der Waals surface area contributed by atoms with Gasteiger partial charge in [-0.1, -0.05) is 0 Å². The summed E-state index contributed by atoms with van der Waals surface area (Å²) >= 11 is 4.51. The predicted molar refractivity (Wildman–Crippen MR) is 80.3 cm³/mol. The maximum atomic E-state index is 12.7. The fraction of sp³-hybridized carbons (Fsp3) is 0.583. The molecule has 1 aliphatic heterocycles. The number of carbonyl (C=O) groups excluding carboxylic acids is 1. The first kappa shape index (κ1) is 15.9. The first-order chi connectivity index (χ1) is 9.37. The zero-order valence-electron chi connectivity index (χ0n) is 11.3. The van der Waals surface area contributed by atoms with Crippen LogP contribution in [-0.2, 0) is 19.6 Å². The van der Waals surface area contributed by atoms with Crippen LogP contribution in [0.25, 0.3) is 0 Å². The number of methoxy groups -OCH3 is 1. The normalized spacial score (nSPS) is 20.9. The van der Waals surface area contributed by atoms with Gasteiger partial charge in [0.15, 0.2) is 0 Å². The standard InChI is InChI=1S/C12H16BrNO4S2/c1-8-7-10(19-11(8)13)20(16,17)14-6-4-3-5-9(14)12(15)18-2/h7,9H,3-6H2,1-2H3/t9-/m1/s1. The zero-order chi connectivity index (χ0) is 14.9. The lowest BCUT2D eigenvalue weighted by atomic mass is 10.1. The van der Waals surface area contributed by atoms with Crippen LogP contribution in [0, 0.1) is 6.92 Å². The van der Waals surface area contributed by atoms with E-state index in [0.29, 0.717) is 13.0 Å². The summed E-state index contributed by atoms with van der Waals surface area (Å²) in [4.78, 5) is 11.8. The average molecular weight is 382 g/mol. The van der Waals surface area contributed by atoms with Gasteiger partial charge in [-0.25, -0.2) is 8.42 Å². The minimum atomic E-state index is -3.65. The molecule has 0 N–H and O–H groups in total. The van der Waals surface area contributed by atoms with Gasteiger partial charge in [0, 0.05) is 6.54 Å². The monoisotopic (exact) mass is 381 g/mol. The van der Waals surface area contributed by atoms with Crippen LogP contribution >= 0.6 is 27.3 Å². The molecule has 1 saturated heterocycles. The van der Waals surface area contributed by atoms with Gasteiger partial charge in [0.25, 0.3) is 10.0 Å². The third-order valence-electron chi connectivity index (χ3n) is 3.32. The number of nitrogens with zero attached hydrogens (tertiary/aromatic N) is 1. The van der Waals surface area contributed by atoms with Crippen LogP contribution in [0.1, 0.15) is 24.8 Å². The van der Waals surface area contributed by atoms with E-state index in [2.05, 4.69) is 15.9 Å². The number of hydrogen-bond acceptors (Lipinski definition) is 5. The minimum absolute atomic E-state index is 0.262. The topological polar surface area (TPSA) is 63.7 Å². The van der Waals surface area contributed by atoms with Crippen molar-refractivity contribution in [1.29, 1.82) is 0 Å². The molecule has 0 bridgehead atoms. The lowest BCUT2D eigenvalue weighted by Crippen LogP contribution is -2.48. The van der Waals surface area contributed by atoms with Crippen LogP contribution < -0.4 is 0 Å². The van der Waals surface area contributed by atoms with E-state index < -0.39 is 22.0 Å². The Labute approximate surface area is 131 Å². The molecule has 2 heterocycles. The van der Waals surface area contributed by atoms with Gasteiger partial charge in [-0.05, 0) is 53.7 Å². The molecule has 1 fully saturated rings. The third-order valence-corrected chi connectivity index (χ3v) is 7.82. The number of piperidine rings is 1. The van der Waals surface area contributed by atoms with Crippen molar-refractivity contribution >= 4 is 43.3 Å². The Morgan fingerprint density at radius 2 is 2.20 bits per heavy atom. The second-order valence-corrected chi connectivity index (χ2v) is 9.16. The number of esters is 1. The Morgan fingerprint density at radius 3 is 2.75 bits per heavy atom. The molecule has 2 rings (SSSR count). The largest absolute Gasteiger partial charge is 0.468 e. The highest BCUT2D eigenvalue weighted by Crippen LogP contribution is 2.34. The van der Waals surface area contributed by atoms with E-state index in [0.717, 1.165) is 22.2 Å². The van der Waals surface area contributed by atoms with Crippen LogP contribution in [0.4, 0.5) is 0 Å². The summed E-state index contributed by atoms with van der Waals surface area (Å²) in [5.74, 6) is -0.486. The number of sulfonamides is 1. The quantitative estimate of drug-likeness (QED) is 0.754. The molecule has 0 radical (unpaired) electrons. The molecule has 0 aliphatic carbocycles. The second-order valence-electron chi connectivity index (χ2n) is 4.67. The summed E-state index contributed by atoms with van der Waals surface area (Å²) in [6.07, 6.45) is 2.11. The van der Waals surface area contributed by atoms with Crippen molar-refractivity contribution in [2.45, 2.75) is 36.4 Å². The van der Waals surface area contributed by atoms with Crippen LogP contribution in [0.15, 0.2) is 14.1 Å². The smallest absolute Gasteiger partial charge is 0.324 e. The molecule has 20 heavy (non-hydrogen) atoms. The molecule has 1 aromatic rings. The van der Waals surface area contributed by atoms with Crippen LogP contribution in [0.3, 0.4) is 0 Å². The Kier molecular flexibility index (Phi) is 4.88. The zero-order valence-corrected chi connectivity index (χ0v) is 14.5. The number of ether oxygens (including phenoxy) is 1. The number of hydrogen-bond donors (Lipinski definition) is 0. The molecule has 1 aromatic heterocycles. The summed E-state index contributed by atoms with van der Waals surface area (Å²) in [7, 11) is -2.36. The second kappa shape index (κ2) is 6.13. The lowest BCUT2D eigenvalue weighted by molar-refractivity contribution is -0.146. The van der Waals surface area contributed by atoms with E-state index in [1.54, 1.807) is 6.07 Å². The molecular weight excluding hydrogens is 366 g/mol. The van der Waals surface area contributed by atoms with Crippen molar-refractivity contribution in [3.63, 3.8) is 0 Å². The Hall–Kier alpha value is -0.440. The minimum Gasteiger partial charge on any atom is -0.468 e. The summed E-state index contributed by atoms with van der Waals surface area (Å²) in [5.41, 5.74) is 0.875. The molecule has 0 aromatic carbocycles. The molecule has 5 nitrogen and oxygen atoms in total. The molecule has 8 heteroatoms. The maximum Gasteiger partial charge on any atom is 0.324 e. The molecule has 1 aliphatic rings. The number of halogens is 1. The van der Waals surface area contributed by atoms with Gasteiger partial charge >= 0.3 is 5.97 Å². The summed E-state index contributed by atoms with van der Waals surface area (Å²) in [6, 6.07) is 0.924. The molecule has 112 valence electrons. The third kappa shape index (κ3) is 2.93. The highest BCUT2D eigenvalue weighted by molar-refractivity contribution is 9.11. The van der Waals surface area contributed by atoms with Crippen molar-refractivity contribution in [1.82, 2.24) is 4.31 Å². The van der Waals surface area contributed by atoms with E-state index in [-0.39, 0.29) is 4.21 Å². The average Bonchev–Trinajstić information content (AvgIpc) is 2.78. The Balaban J connectivity index is 2.37. The SMILES string of the molecule is COC(=O)[C@H]1CCCCN1S(=O)(=O)c1cc(C)c(Br)s1. The van der Waals surface area contributed by atoms with Crippen molar-refractivity contribution in [2.75, 3.05) is 13.7 Å². The first-order valence-corrected chi connectivity index (χ1v) is 9.28. The summed E-state index contributed by atoms with van der Waals surface area (Å²) < 4.78 is 32.4. The van der Waals surface area contributed by atoms with Gasteiger partial charge < -0.3 is 4.74 Å². The van der Waals surface area contributed by atoms with Crippen LogP contribution in [0.2, 0.25) is 0 Å². The maximum absolute atomic E-state index is 12.7. The Morgan fingerprint density at radius 1 is 1.50 bits per heavy atom. The number of carbonyl (C=O) groups is 1. The highest BCUT2D eigenvalue weighted by atomic mass is 79.9. The predicted octanol–water partition coefficient (Wildman–Crippen LogP) is 2.54. The van der Waals surface area contributed by atoms with Crippen molar-refractivity contribution in [2.24, 2.45) is 0 Å². The van der Waals surface area contributed by atoms with Gasteiger partial charge in [0.05, 0.1) is 10.9 Å². The molecule has 0 unspecified atom stereocenters.